The van der Waals surface area contributed by atoms with Crippen LogP contribution in [0.5, 0.6) is 0 Å². The van der Waals surface area contributed by atoms with E-state index >= 15 is 0 Å². The molecule has 0 spiro atoms. The Morgan fingerprint density at radius 3 is 3.00 bits per heavy atom. The maximum absolute atomic E-state index is 12.5. The fraction of sp³-hybridized carbons (Fsp3) is 0.444. The van der Waals surface area contributed by atoms with Gasteiger partial charge in [0.25, 0.3) is 0 Å². The molecule has 1 atom stereocenters. The van der Waals surface area contributed by atoms with E-state index in [9.17, 15) is 4.79 Å². The van der Waals surface area contributed by atoms with Crippen LogP contribution in [0.4, 0.5) is 4.79 Å². The smallest absolute Gasteiger partial charge is 0.317 e. The molecule has 1 aliphatic rings. The number of aryl methyl sites for hydroxylation is 1. The fourth-order valence-corrected chi connectivity index (χ4v) is 3.28. The Labute approximate surface area is 137 Å². The molecule has 5 nitrogen and oxygen atoms in total. The molecule has 1 unspecified atom stereocenters. The number of hydrogen-bond donors (Lipinski definition) is 1. The third-order valence-electron chi connectivity index (χ3n) is 4.70. The highest BCUT2D eigenvalue weighted by molar-refractivity contribution is 5.75. The first-order valence-electron chi connectivity index (χ1n) is 8.25. The minimum atomic E-state index is 0.0283. The van der Waals surface area contributed by atoms with Gasteiger partial charge >= 0.3 is 6.03 Å². The molecule has 2 amide bonds. The molecule has 1 fully saturated rings. The van der Waals surface area contributed by atoms with Crippen LogP contribution in [0.25, 0.3) is 0 Å². The van der Waals surface area contributed by atoms with Crippen LogP contribution in [0, 0.1) is 13.8 Å². The standard InChI is InChI=1S/C18H24N4O/c1-14-6-3-7-16(15(14)2)17-8-4-12-22(17)18(23)19-10-13-21-11-5-9-20-21/h3,5-7,9,11,17H,4,8,10,12-13H2,1-2H3,(H,19,23). The van der Waals surface area contributed by atoms with Gasteiger partial charge in [0, 0.05) is 25.5 Å². The lowest BCUT2D eigenvalue weighted by atomic mass is 9.96. The number of amides is 2. The van der Waals surface area contributed by atoms with Gasteiger partial charge in [0.05, 0.1) is 12.6 Å². The van der Waals surface area contributed by atoms with Gasteiger partial charge in [-0.05, 0) is 49.4 Å². The first-order valence-corrected chi connectivity index (χ1v) is 8.25. The molecule has 0 radical (unpaired) electrons. The zero-order valence-electron chi connectivity index (χ0n) is 13.8. The Morgan fingerprint density at radius 2 is 2.22 bits per heavy atom. The number of nitrogens with zero attached hydrogens (tertiary/aromatic N) is 3. The van der Waals surface area contributed by atoms with E-state index in [1.807, 2.05) is 21.8 Å². The van der Waals surface area contributed by atoms with E-state index < -0.39 is 0 Å². The number of rotatable bonds is 4. The minimum absolute atomic E-state index is 0.0283. The molecule has 1 saturated heterocycles. The van der Waals surface area contributed by atoms with Crippen LogP contribution in [-0.4, -0.2) is 33.8 Å². The van der Waals surface area contributed by atoms with Crippen molar-refractivity contribution in [2.75, 3.05) is 13.1 Å². The highest BCUT2D eigenvalue weighted by atomic mass is 16.2. The maximum Gasteiger partial charge on any atom is 0.317 e. The predicted molar refractivity (Wildman–Crippen MR) is 90.2 cm³/mol. The van der Waals surface area contributed by atoms with Crippen LogP contribution >= 0.6 is 0 Å². The first-order chi connectivity index (χ1) is 11.2. The molecule has 23 heavy (non-hydrogen) atoms. The number of aromatic nitrogens is 2. The van der Waals surface area contributed by atoms with Gasteiger partial charge in [-0.25, -0.2) is 4.79 Å². The summed E-state index contributed by atoms with van der Waals surface area (Å²) < 4.78 is 1.83. The van der Waals surface area contributed by atoms with E-state index in [1.165, 1.54) is 16.7 Å². The Morgan fingerprint density at radius 1 is 1.35 bits per heavy atom. The molecule has 122 valence electrons. The van der Waals surface area contributed by atoms with Crippen molar-refractivity contribution >= 4 is 6.03 Å². The number of likely N-dealkylation sites (tertiary alicyclic amines) is 1. The van der Waals surface area contributed by atoms with Crippen molar-refractivity contribution in [3.8, 4) is 0 Å². The SMILES string of the molecule is Cc1cccc(C2CCCN2C(=O)NCCn2cccn2)c1C. The molecular formula is C18H24N4O. The molecule has 1 aromatic heterocycles. The maximum atomic E-state index is 12.5. The molecule has 0 aliphatic carbocycles. The number of benzene rings is 1. The average Bonchev–Trinajstić information content (AvgIpc) is 3.21. The van der Waals surface area contributed by atoms with Crippen molar-refractivity contribution in [2.24, 2.45) is 0 Å². The summed E-state index contributed by atoms with van der Waals surface area (Å²) in [7, 11) is 0. The van der Waals surface area contributed by atoms with Crippen molar-refractivity contribution in [2.45, 2.75) is 39.3 Å². The molecule has 1 N–H and O–H groups in total. The lowest BCUT2D eigenvalue weighted by molar-refractivity contribution is 0.192. The molecule has 1 aromatic carbocycles. The van der Waals surface area contributed by atoms with Gasteiger partial charge in [-0.1, -0.05) is 18.2 Å². The first kappa shape index (κ1) is 15.6. The lowest BCUT2D eigenvalue weighted by Crippen LogP contribution is -2.40. The topological polar surface area (TPSA) is 50.2 Å². The van der Waals surface area contributed by atoms with Gasteiger partial charge in [-0.3, -0.25) is 4.68 Å². The van der Waals surface area contributed by atoms with Crippen LogP contribution in [0.2, 0.25) is 0 Å². The van der Waals surface area contributed by atoms with Crippen molar-refractivity contribution in [3.05, 3.63) is 53.3 Å². The summed E-state index contributed by atoms with van der Waals surface area (Å²) in [5, 5.41) is 7.17. The van der Waals surface area contributed by atoms with Crippen molar-refractivity contribution in [1.82, 2.24) is 20.0 Å². The normalized spacial score (nSPS) is 17.5. The third-order valence-corrected chi connectivity index (χ3v) is 4.70. The van der Waals surface area contributed by atoms with Crippen LogP contribution in [0.3, 0.4) is 0 Å². The summed E-state index contributed by atoms with van der Waals surface area (Å²) in [6, 6.07) is 8.48. The fourth-order valence-electron chi connectivity index (χ4n) is 3.28. The number of carbonyl (C=O) groups is 1. The second kappa shape index (κ2) is 6.86. The summed E-state index contributed by atoms with van der Waals surface area (Å²) in [4.78, 5) is 14.5. The van der Waals surface area contributed by atoms with E-state index in [4.69, 9.17) is 0 Å². The van der Waals surface area contributed by atoms with Crippen molar-refractivity contribution < 1.29 is 4.79 Å². The van der Waals surface area contributed by atoms with Gasteiger partial charge in [-0.15, -0.1) is 0 Å². The summed E-state index contributed by atoms with van der Waals surface area (Å²) in [6.07, 6.45) is 5.75. The molecule has 0 bridgehead atoms. The molecule has 5 heteroatoms. The third kappa shape index (κ3) is 3.38. The second-order valence-corrected chi connectivity index (χ2v) is 6.14. The largest absolute Gasteiger partial charge is 0.336 e. The Balaban J connectivity index is 1.64. The molecule has 2 aromatic rings. The number of hydrogen-bond acceptors (Lipinski definition) is 2. The highest BCUT2D eigenvalue weighted by Gasteiger charge is 2.30. The lowest BCUT2D eigenvalue weighted by Gasteiger charge is -2.27. The molecule has 2 heterocycles. The van der Waals surface area contributed by atoms with Gasteiger partial charge in [0.2, 0.25) is 0 Å². The molecule has 1 aliphatic heterocycles. The van der Waals surface area contributed by atoms with Gasteiger partial charge in [-0.2, -0.15) is 5.10 Å². The molecule has 3 rings (SSSR count). The summed E-state index contributed by atoms with van der Waals surface area (Å²) in [5.41, 5.74) is 3.87. The van der Waals surface area contributed by atoms with E-state index in [0.717, 1.165) is 19.4 Å². The van der Waals surface area contributed by atoms with Gasteiger partial charge in [0.1, 0.15) is 0 Å². The summed E-state index contributed by atoms with van der Waals surface area (Å²) >= 11 is 0. The van der Waals surface area contributed by atoms with Crippen molar-refractivity contribution in [1.29, 1.82) is 0 Å². The summed E-state index contributed by atoms with van der Waals surface area (Å²) in [5.74, 6) is 0. The van der Waals surface area contributed by atoms with Crippen LogP contribution < -0.4 is 5.32 Å². The highest BCUT2D eigenvalue weighted by Crippen LogP contribution is 2.34. The van der Waals surface area contributed by atoms with Crippen LogP contribution in [0.1, 0.15) is 35.6 Å². The molecule has 0 saturated carbocycles. The van der Waals surface area contributed by atoms with Crippen LogP contribution in [-0.2, 0) is 6.54 Å². The second-order valence-electron chi connectivity index (χ2n) is 6.14. The average molecular weight is 312 g/mol. The quantitative estimate of drug-likeness (QED) is 0.943. The Hall–Kier alpha value is -2.30. The van der Waals surface area contributed by atoms with E-state index in [-0.39, 0.29) is 12.1 Å². The molecular weight excluding hydrogens is 288 g/mol. The zero-order valence-corrected chi connectivity index (χ0v) is 13.8. The van der Waals surface area contributed by atoms with Gasteiger partial charge < -0.3 is 10.2 Å². The summed E-state index contributed by atoms with van der Waals surface area (Å²) in [6.45, 7) is 6.39. The van der Waals surface area contributed by atoms with E-state index in [0.29, 0.717) is 13.1 Å². The zero-order chi connectivity index (χ0) is 16.2. The number of urea groups is 1. The monoisotopic (exact) mass is 312 g/mol. The van der Waals surface area contributed by atoms with Gasteiger partial charge in [0.15, 0.2) is 0 Å². The Kier molecular flexibility index (Phi) is 4.65. The Bertz CT molecular complexity index is 666. The van der Waals surface area contributed by atoms with E-state index in [2.05, 4.69) is 42.5 Å². The van der Waals surface area contributed by atoms with E-state index in [1.54, 1.807) is 6.20 Å². The number of carbonyl (C=O) groups excluding carboxylic acids is 1. The number of nitrogens with one attached hydrogen (secondary N) is 1. The minimum Gasteiger partial charge on any atom is -0.336 e. The van der Waals surface area contributed by atoms with Crippen LogP contribution in [0.15, 0.2) is 36.7 Å². The predicted octanol–water partition coefficient (Wildman–Crippen LogP) is 3.05. The van der Waals surface area contributed by atoms with Crippen molar-refractivity contribution in [3.63, 3.8) is 0 Å².